The van der Waals surface area contributed by atoms with E-state index in [0.717, 1.165) is 35.0 Å². The van der Waals surface area contributed by atoms with Gasteiger partial charge in [0.05, 0.1) is 24.9 Å². The highest BCUT2D eigenvalue weighted by atomic mass is 35.5. The molecule has 0 saturated carbocycles. The molecule has 1 aliphatic rings. The molecule has 0 aliphatic carbocycles. The van der Waals surface area contributed by atoms with Crippen molar-refractivity contribution in [2.45, 2.75) is 6.54 Å². The molecule has 1 N–H and O–H groups in total. The lowest BCUT2D eigenvalue weighted by Crippen LogP contribution is -3.09. The third kappa shape index (κ3) is 5.10. The minimum absolute atomic E-state index is 0.169. The van der Waals surface area contributed by atoms with Crippen LogP contribution in [0.15, 0.2) is 42.5 Å². The van der Waals surface area contributed by atoms with E-state index in [-0.39, 0.29) is 5.91 Å². The number of rotatable bonds is 6. The number of nitrogens with one attached hydrogen (secondary N) is 1. The molecule has 28 heavy (non-hydrogen) atoms. The third-order valence-corrected chi connectivity index (χ3v) is 5.61. The highest BCUT2D eigenvalue weighted by Gasteiger charge is 2.25. The van der Waals surface area contributed by atoms with Crippen molar-refractivity contribution in [3.8, 4) is 5.75 Å². The van der Waals surface area contributed by atoms with Gasteiger partial charge in [-0.3, -0.25) is 4.79 Å². The first-order chi connectivity index (χ1) is 13.5. The Kier molecular flexibility index (Phi) is 7.05. The van der Waals surface area contributed by atoms with Gasteiger partial charge in [-0.2, -0.15) is 0 Å². The van der Waals surface area contributed by atoms with Crippen LogP contribution in [0.1, 0.15) is 5.56 Å². The average molecular weight is 423 g/mol. The highest BCUT2D eigenvalue weighted by molar-refractivity contribution is 6.35. The fourth-order valence-corrected chi connectivity index (χ4v) is 3.99. The standard InChI is InChI=1S/C21H25Cl2N3O2/c1-24(14-16-7-8-17(22)13-18(16)23)15-21(27)26-11-9-25(10-12-26)19-5-3-4-6-20(19)28-2/h3-8,13H,9-12,14-15H2,1-2H3/p+1. The summed E-state index contributed by atoms with van der Waals surface area (Å²) in [4.78, 5) is 18.0. The van der Waals surface area contributed by atoms with E-state index in [0.29, 0.717) is 36.2 Å². The van der Waals surface area contributed by atoms with E-state index < -0.39 is 0 Å². The van der Waals surface area contributed by atoms with Gasteiger partial charge in [-0.1, -0.05) is 41.4 Å². The van der Waals surface area contributed by atoms with Crippen LogP contribution < -0.4 is 14.5 Å². The van der Waals surface area contributed by atoms with Crippen LogP contribution in [0.5, 0.6) is 5.75 Å². The van der Waals surface area contributed by atoms with Gasteiger partial charge >= 0.3 is 0 Å². The van der Waals surface area contributed by atoms with Gasteiger partial charge in [0.25, 0.3) is 5.91 Å². The zero-order valence-electron chi connectivity index (χ0n) is 16.3. The van der Waals surface area contributed by atoms with Gasteiger partial charge < -0.3 is 19.4 Å². The Labute approximate surface area is 176 Å². The van der Waals surface area contributed by atoms with Crippen molar-refractivity contribution >= 4 is 34.8 Å². The molecule has 1 heterocycles. The molecule has 2 aromatic rings. The van der Waals surface area contributed by atoms with Crippen molar-refractivity contribution in [1.29, 1.82) is 0 Å². The maximum absolute atomic E-state index is 12.7. The lowest BCUT2D eigenvalue weighted by Gasteiger charge is -2.36. The molecule has 3 rings (SSSR count). The van der Waals surface area contributed by atoms with Gasteiger partial charge in [0.1, 0.15) is 12.3 Å². The van der Waals surface area contributed by atoms with Crippen LogP contribution in [0.3, 0.4) is 0 Å². The number of nitrogens with zero attached hydrogens (tertiary/aromatic N) is 2. The summed E-state index contributed by atoms with van der Waals surface area (Å²) in [7, 11) is 3.69. The second-order valence-electron chi connectivity index (χ2n) is 7.09. The molecular formula is C21H26Cl2N3O2+. The van der Waals surface area contributed by atoms with Gasteiger partial charge in [-0.05, 0) is 24.3 Å². The lowest BCUT2D eigenvalue weighted by molar-refractivity contribution is -0.885. The van der Waals surface area contributed by atoms with Crippen LogP contribution in [-0.2, 0) is 11.3 Å². The average Bonchev–Trinajstić information content (AvgIpc) is 2.70. The molecule has 0 radical (unpaired) electrons. The fourth-order valence-electron chi connectivity index (χ4n) is 3.51. The number of amides is 1. The normalized spacial score (nSPS) is 15.4. The van der Waals surface area contributed by atoms with Crippen molar-refractivity contribution < 1.29 is 14.4 Å². The number of hydrogen-bond donors (Lipinski definition) is 1. The van der Waals surface area contributed by atoms with Gasteiger partial charge in [0.2, 0.25) is 0 Å². The van der Waals surface area contributed by atoms with Crippen LogP contribution in [0, 0.1) is 0 Å². The van der Waals surface area contributed by atoms with Crippen molar-refractivity contribution in [1.82, 2.24) is 4.90 Å². The summed E-state index contributed by atoms with van der Waals surface area (Å²) in [6.45, 7) is 4.15. The SMILES string of the molecule is COc1ccccc1N1CCN(C(=O)C[NH+](C)Cc2ccc(Cl)cc2Cl)CC1. The molecule has 1 amide bonds. The number of para-hydroxylation sites is 2. The number of likely N-dealkylation sites (N-methyl/N-ethyl adjacent to an activating group) is 1. The fraction of sp³-hybridized carbons (Fsp3) is 0.381. The van der Waals surface area contributed by atoms with Crippen molar-refractivity contribution in [3.63, 3.8) is 0 Å². The summed E-state index contributed by atoms with van der Waals surface area (Å²) in [5.41, 5.74) is 2.08. The Bertz CT molecular complexity index is 823. The summed E-state index contributed by atoms with van der Waals surface area (Å²) in [5, 5.41) is 1.26. The molecule has 1 fully saturated rings. The Morgan fingerprint density at radius 1 is 1.11 bits per heavy atom. The Balaban J connectivity index is 1.52. The Morgan fingerprint density at radius 2 is 1.82 bits per heavy atom. The summed E-state index contributed by atoms with van der Waals surface area (Å²) >= 11 is 12.2. The quantitative estimate of drug-likeness (QED) is 0.776. The monoisotopic (exact) mass is 422 g/mol. The van der Waals surface area contributed by atoms with E-state index in [9.17, 15) is 4.79 Å². The third-order valence-electron chi connectivity index (χ3n) is 5.02. The lowest BCUT2D eigenvalue weighted by atomic mass is 10.2. The predicted octanol–water partition coefficient (Wildman–Crippen LogP) is 2.37. The summed E-state index contributed by atoms with van der Waals surface area (Å²) in [6, 6.07) is 13.5. The number of anilines is 1. The van der Waals surface area contributed by atoms with Gasteiger partial charge in [0, 0.05) is 36.8 Å². The number of carbonyl (C=O) groups excluding carboxylic acids is 1. The summed E-state index contributed by atoms with van der Waals surface area (Å²) in [5.74, 6) is 1.04. The minimum Gasteiger partial charge on any atom is -0.495 e. The molecule has 1 aliphatic heterocycles. The van der Waals surface area contributed by atoms with E-state index in [1.807, 2.05) is 42.3 Å². The van der Waals surface area contributed by atoms with Crippen LogP contribution in [0.2, 0.25) is 10.0 Å². The molecule has 0 bridgehead atoms. The van der Waals surface area contributed by atoms with Gasteiger partial charge in [-0.15, -0.1) is 0 Å². The number of halogens is 2. The molecule has 1 atom stereocenters. The smallest absolute Gasteiger partial charge is 0.277 e. The first kappa shape index (κ1) is 20.8. The molecule has 0 aromatic heterocycles. The number of benzene rings is 2. The van der Waals surface area contributed by atoms with Crippen LogP contribution in [-0.4, -0.2) is 57.7 Å². The van der Waals surface area contributed by atoms with Crippen LogP contribution in [0.4, 0.5) is 5.69 Å². The molecule has 2 aromatic carbocycles. The molecule has 7 heteroatoms. The van der Waals surface area contributed by atoms with E-state index >= 15 is 0 Å². The number of piperazine rings is 1. The summed E-state index contributed by atoms with van der Waals surface area (Å²) < 4.78 is 5.45. The first-order valence-corrected chi connectivity index (χ1v) is 10.1. The largest absolute Gasteiger partial charge is 0.495 e. The molecule has 0 spiro atoms. The maximum Gasteiger partial charge on any atom is 0.277 e. The van der Waals surface area contributed by atoms with Gasteiger partial charge in [0.15, 0.2) is 6.54 Å². The molecule has 1 saturated heterocycles. The van der Waals surface area contributed by atoms with Gasteiger partial charge in [-0.25, -0.2) is 0 Å². The maximum atomic E-state index is 12.7. The Hall–Kier alpha value is -1.95. The number of carbonyl (C=O) groups is 1. The first-order valence-electron chi connectivity index (χ1n) is 9.39. The van der Waals surface area contributed by atoms with Crippen LogP contribution in [0.25, 0.3) is 0 Å². The number of hydrogen-bond acceptors (Lipinski definition) is 3. The van der Waals surface area contributed by atoms with E-state index in [1.165, 1.54) is 0 Å². The Morgan fingerprint density at radius 3 is 2.50 bits per heavy atom. The second-order valence-corrected chi connectivity index (χ2v) is 7.93. The number of methoxy groups -OCH3 is 1. The van der Waals surface area contributed by atoms with Crippen molar-refractivity contribution in [2.75, 3.05) is 51.8 Å². The highest BCUT2D eigenvalue weighted by Crippen LogP contribution is 2.28. The zero-order chi connectivity index (χ0) is 20.1. The summed E-state index contributed by atoms with van der Waals surface area (Å²) in [6.07, 6.45) is 0. The van der Waals surface area contributed by atoms with E-state index in [2.05, 4.69) is 11.0 Å². The number of quaternary nitrogens is 1. The second kappa shape index (κ2) is 9.50. The molecule has 1 unspecified atom stereocenters. The van der Waals surface area contributed by atoms with Crippen molar-refractivity contribution in [2.24, 2.45) is 0 Å². The zero-order valence-corrected chi connectivity index (χ0v) is 17.8. The molecule has 5 nitrogen and oxygen atoms in total. The minimum atomic E-state index is 0.169. The van der Waals surface area contributed by atoms with Crippen molar-refractivity contribution in [3.05, 3.63) is 58.1 Å². The van der Waals surface area contributed by atoms with Crippen LogP contribution >= 0.6 is 23.2 Å². The molecular weight excluding hydrogens is 397 g/mol. The topological polar surface area (TPSA) is 37.2 Å². The predicted molar refractivity (Wildman–Crippen MR) is 114 cm³/mol. The number of ether oxygens (including phenoxy) is 1. The molecule has 150 valence electrons. The van der Waals surface area contributed by atoms with E-state index in [4.69, 9.17) is 27.9 Å². The van der Waals surface area contributed by atoms with E-state index in [1.54, 1.807) is 13.2 Å².